The van der Waals surface area contributed by atoms with Crippen molar-refractivity contribution in [1.82, 2.24) is 0 Å². The molecule has 27 atom stereocenters. The van der Waals surface area contributed by atoms with Crippen LogP contribution in [0.2, 0.25) is 0 Å². The van der Waals surface area contributed by atoms with Crippen molar-refractivity contribution >= 4 is 5.97 Å². The highest BCUT2D eigenvalue weighted by Gasteiger charge is 2.66. The normalized spacial score (nSPS) is 52.6. The number of methoxy groups -OCH3 is 3. The van der Waals surface area contributed by atoms with Gasteiger partial charge in [0.15, 0.2) is 31.3 Å². The molecule has 19 nitrogen and oxygen atoms in total. The summed E-state index contributed by atoms with van der Waals surface area (Å²) in [5, 5.41) is 65.3. The molecule has 0 spiro atoms. The van der Waals surface area contributed by atoms with Crippen molar-refractivity contribution < 1.29 is 92.3 Å². The number of carbonyl (C=O) groups excluding carboxylic acids is 1. The Hall–Kier alpha value is -1.47. The van der Waals surface area contributed by atoms with Crippen LogP contribution in [0.25, 0.3) is 0 Å². The number of allylic oxidation sites excluding steroid dienone is 2. The van der Waals surface area contributed by atoms with Gasteiger partial charge in [-0.1, -0.05) is 26.0 Å². The maximum Gasteiger partial charge on any atom is 0.303 e. The molecule has 3 saturated carbocycles. The molecule has 4 saturated heterocycles. The van der Waals surface area contributed by atoms with Crippen LogP contribution in [0.5, 0.6) is 0 Å². The van der Waals surface area contributed by atoms with Gasteiger partial charge in [0.2, 0.25) is 0 Å². The molecule has 0 radical (unpaired) electrons. The number of hydrogen-bond acceptors (Lipinski definition) is 19. The Bertz CT molecular complexity index is 1760. The molecule has 8 aliphatic rings. The summed E-state index contributed by atoms with van der Waals surface area (Å²) in [5.41, 5.74) is -1.51. The summed E-state index contributed by atoms with van der Waals surface area (Å²) in [7, 11) is 4.64. The van der Waals surface area contributed by atoms with Crippen molar-refractivity contribution in [1.29, 1.82) is 0 Å². The SMILES string of the molecule is CO[C@@H]1[C@@H](O)[C@H](O[C@H]2CC[C@@]3(C)[C@@H](C=C[C@@H]4[C@@H]3CC[C@@]3(C)[C@H]4CC[C@]3(O)[C@@H](C)O[C@H]3C[C@@H](OC)[C@@H](O[C@@H]4O[C@H](CO)[C@@H](O)[C@H](O)[C@H]4O)[C@@H](C)O3)C2)O[C@H](C)[C@@H]1O[C@H]1C[C@@H](OC)[C@H](OC(C)=O)[C@H](C)O1. The third-order valence-corrected chi connectivity index (χ3v) is 18.3. The molecule has 4 heterocycles. The summed E-state index contributed by atoms with van der Waals surface area (Å²) in [6.07, 6.45) is -5.45. The average Bonchev–Trinajstić information content (AvgIpc) is 3.60. The zero-order valence-electron chi connectivity index (χ0n) is 42.1. The second-order valence-electron chi connectivity index (χ2n) is 22.0. The van der Waals surface area contributed by atoms with Gasteiger partial charge in [-0.2, -0.15) is 0 Å². The van der Waals surface area contributed by atoms with Gasteiger partial charge in [-0.3, -0.25) is 4.79 Å². The number of aliphatic hydroxyl groups excluding tert-OH is 5. The minimum Gasteiger partial charge on any atom is -0.457 e. The van der Waals surface area contributed by atoms with Gasteiger partial charge in [0.25, 0.3) is 0 Å². The molecule has 4 aliphatic heterocycles. The second kappa shape index (κ2) is 21.4. The lowest BCUT2D eigenvalue weighted by Gasteiger charge is -2.60. The first-order chi connectivity index (χ1) is 32.7. The minimum absolute atomic E-state index is 0.0257. The van der Waals surface area contributed by atoms with Crippen LogP contribution in [0.1, 0.15) is 106 Å². The van der Waals surface area contributed by atoms with Gasteiger partial charge in [0.05, 0.1) is 48.8 Å². The number of carbonyl (C=O) groups is 1. The van der Waals surface area contributed by atoms with Crippen molar-refractivity contribution in [2.45, 2.75) is 235 Å². The molecule has 7 fully saturated rings. The van der Waals surface area contributed by atoms with Gasteiger partial charge in [-0.05, 0) is 102 Å². The van der Waals surface area contributed by atoms with E-state index >= 15 is 0 Å². The Balaban J connectivity index is 0.864. The van der Waals surface area contributed by atoms with Crippen molar-refractivity contribution in [3.05, 3.63) is 12.2 Å². The minimum atomic E-state index is -1.58. The third-order valence-electron chi connectivity index (χ3n) is 18.3. The highest BCUT2D eigenvalue weighted by molar-refractivity contribution is 5.66. The molecule has 396 valence electrons. The second-order valence-corrected chi connectivity index (χ2v) is 22.0. The van der Waals surface area contributed by atoms with Crippen LogP contribution in [0.3, 0.4) is 0 Å². The summed E-state index contributed by atoms with van der Waals surface area (Å²) >= 11 is 0. The van der Waals surface area contributed by atoms with Gasteiger partial charge in [-0.25, -0.2) is 0 Å². The number of hydrogen-bond donors (Lipinski definition) is 6. The van der Waals surface area contributed by atoms with E-state index in [0.717, 1.165) is 38.5 Å². The van der Waals surface area contributed by atoms with E-state index in [9.17, 15) is 35.4 Å². The number of esters is 1. The largest absolute Gasteiger partial charge is 0.457 e. The van der Waals surface area contributed by atoms with Crippen molar-refractivity contribution in [2.75, 3.05) is 27.9 Å². The lowest BCUT2D eigenvalue weighted by molar-refractivity contribution is -0.348. The van der Waals surface area contributed by atoms with E-state index < -0.39 is 140 Å². The first-order valence-corrected chi connectivity index (χ1v) is 25.4. The maximum atomic E-state index is 12.8. The van der Waals surface area contributed by atoms with Crippen LogP contribution in [0, 0.1) is 34.5 Å². The standard InChI is InChI=1S/C50H82O19/c1-23-42(65-27(5)52)33(58-8)21-37(62-23)68-44-25(3)63-47(41(56)45(44)60-10)66-29-13-16-48(6)28(19-29)11-12-30-31(48)14-17-49(7)32(30)15-18-50(49,57)26(4)64-36-20-34(59-9)43(24(2)61-36)69-46-40(55)39(54)38(53)35(22-51)67-46/h11-12,23-26,28-47,51,53-57H,13-22H2,1-10H3/t23-,24+,25+,26+,28-,29-,30+,31-,32-,33+,34+,35+,36-,37-,38+,39-,40+,41+,42+,43-,44-,45+,46-,47-,48-,49-,50-/m0/s1. The first kappa shape index (κ1) is 53.8. The van der Waals surface area contributed by atoms with Crippen molar-refractivity contribution in [3.8, 4) is 0 Å². The number of fused-ring (bicyclic) bond motifs is 5. The first-order valence-electron chi connectivity index (χ1n) is 25.4. The lowest BCUT2D eigenvalue weighted by Crippen LogP contribution is -2.62. The topological polar surface area (TPSA) is 249 Å². The van der Waals surface area contributed by atoms with Crippen molar-refractivity contribution in [2.24, 2.45) is 34.5 Å². The fraction of sp³-hybridized carbons (Fsp3) is 0.940. The van der Waals surface area contributed by atoms with Gasteiger partial charge >= 0.3 is 5.97 Å². The Labute approximate surface area is 406 Å². The quantitative estimate of drug-likeness (QED) is 0.108. The van der Waals surface area contributed by atoms with E-state index in [1.807, 2.05) is 13.8 Å². The van der Waals surface area contributed by atoms with Crippen LogP contribution in [-0.4, -0.2) is 193 Å². The summed E-state index contributed by atoms with van der Waals surface area (Å²) in [5.74, 6) is 0.809. The van der Waals surface area contributed by atoms with E-state index in [4.69, 9.17) is 56.8 Å². The monoisotopic (exact) mass is 987 g/mol. The Morgan fingerprint density at radius 1 is 0.681 bits per heavy atom. The number of ether oxygens (including phenoxy) is 12. The van der Waals surface area contributed by atoms with E-state index in [2.05, 4.69) is 26.0 Å². The zero-order chi connectivity index (χ0) is 49.9. The summed E-state index contributed by atoms with van der Waals surface area (Å²) < 4.78 is 73.0. The smallest absolute Gasteiger partial charge is 0.303 e. The predicted octanol–water partition coefficient (Wildman–Crippen LogP) is 2.25. The number of aliphatic hydroxyl groups is 6. The molecule has 6 N–H and O–H groups in total. The maximum absolute atomic E-state index is 12.8. The van der Waals surface area contributed by atoms with Crippen LogP contribution in [0.4, 0.5) is 0 Å². The van der Waals surface area contributed by atoms with Crippen molar-refractivity contribution in [3.63, 3.8) is 0 Å². The van der Waals surface area contributed by atoms with Gasteiger partial charge < -0.3 is 87.5 Å². The van der Waals surface area contributed by atoms with Crippen LogP contribution in [-0.2, 0) is 61.6 Å². The average molecular weight is 987 g/mol. The van der Waals surface area contributed by atoms with E-state index in [1.165, 1.54) is 14.0 Å². The van der Waals surface area contributed by atoms with E-state index in [-0.39, 0.29) is 29.8 Å². The molecule has 0 aromatic rings. The molecule has 0 amide bonds. The highest BCUT2D eigenvalue weighted by Crippen LogP contribution is 2.68. The summed E-state index contributed by atoms with van der Waals surface area (Å²) in [4.78, 5) is 11.7. The van der Waals surface area contributed by atoms with Crippen LogP contribution in [0.15, 0.2) is 12.2 Å². The molecular weight excluding hydrogens is 905 g/mol. The molecule has 0 aromatic carbocycles. The Kier molecular flexibility index (Phi) is 16.7. The fourth-order valence-electron chi connectivity index (χ4n) is 14.2. The van der Waals surface area contributed by atoms with Gasteiger partial charge in [0, 0.05) is 46.5 Å². The molecule has 0 aromatic heterocycles. The van der Waals surface area contributed by atoms with E-state index in [1.54, 1.807) is 28.1 Å². The van der Waals surface area contributed by atoms with E-state index in [0.29, 0.717) is 24.7 Å². The molecule has 0 unspecified atom stereocenters. The Morgan fingerprint density at radius 3 is 2.00 bits per heavy atom. The molecule has 69 heavy (non-hydrogen) atoms. The molecular formula is C50H82O19. The number of rotatable bonds is 14. The third kappa shape index (κ3) is 9.99. The van der Waals surface area contributed by atoms with Crippen LogP contribution < -0.4 is 0 Å². The lowest BCUT2D eigenvalue weighted by atomic mass is 9.46. The summed E-state index contributed by atoms with van der Waals surface area (Å²) in [6, 6.07) is 0. The highest BCUT2D eigenvalue weighted by atomic mass is 16.8. The molecule has 4 aliphatic carbocycles. The van der Waals surface area contributed by atoms with Gasteiger partial charge in [-0.15, -0.1) is 0 Å². The fourth-order valence-corrected chi connectivity index (χ4v) is 14.2. The Morgan fingerprint density at radius 2 is 1.32 bits per heavy atom. The molecule has 8 rings (SSSR count). The zero-order valence-corrected chi connectivity index (χ0v) is 42.1. The van der Waals surface area contributed by atoms with Crippen LogP contribution >= 0.6 is 0 Å². The molecule has 0 bridgehead atoms. The van der Waals surface area contributed by atoms with Gasteiger partial charge in [0.1, 0.15) is 54.9 Å². The predicted molar refractivity (Wildman–Crippen MR) is 242 cm³/mol. The molecule has 19 heteroatoms. The summed E-state index contributed by atoms with van der Waals surface area (Å²) in [6.45, 7) is 12.9.